The second-order valence-corrected chi connectivity index (χ2v) is 6.37. The first-order chi connectivity index (χ1) is 9.65. The van der Waals surface area contributed by atoms with Gasteiger partial charge in [-0.05, 0) is 24.0 Å². The van der Waals surface area contributed by atoms with E-state index in [0.29, 0.717) is 11.9 Å². The van der Waals surface area contributed by atoms with Crippen LogP contribution in [0.2, 0.25) is 0 Å². The summed E-state index contributed by atoms with van der Waals surface area (Å²) in [7, 11) is 0. The average Bonchev–Trinajstić information content (AvgIpc) is 2.95. The molecule has 1 fully saturated rings. The third-order valence-electron chi connectivity index (χ3n) is 4.65. The Hall–Kier alpha value is -1.35. The van der Waals surface area contributed by atoms with Crippen LogP contribution in [-0.2, 0) is 17.8 Å². The molecule has 1 aromatic rings. The first-order valence-corrected chi connectivity index (χ1v) is 7.75. The molecule has 3 nitrogen and oxygen atoms in total. The molecule has 3 heteroatoms. The highest BCUT2D eigenvalue weighted by Crippen LogP contribution is 2.25. The standard InChI is InChI=1S/C17H24N2O/c1-13(2)17(20)19-10-8-16(12-19)18-9-7-14-5-3-4-6-15(14)11-18/h3-6,13,16H,7-12H2,1-2H3. The summed E-state index contributed by atoms with van der Waals surface area (Å²) in [6, 6.07) is 9.30. The molecule has 0 saturated carbocycles. The number of amides is 1. The van der Waals surface area contributed by atoms with E-state index in [9.17, 15) is 4.79 Å². The topological polar surface area (TPSA) is 23.6 Å². The Bertz CT molecular complexity index is 498. The van der Waals surface area contributed by atoms with E-state index < -0.39 is 0 Å². The lowest BCUT2D eigenvalue weighted by molar-refractivity contribution is -0.133. The monoisotopic (exact) mass is 272 g/mol. The van der Waals surface area contributed by atoms with Crippen LogP contribution in [0.5, 0.6) is 0 Å². The van der Waals surface area contributed by atoms with Gasteiger partial charge in [-0.15, -0.1) is 0 Å². The molecule has 0 radical (unpaired) electrons. The number of carbonyl (C=O) groups is 1. The first-order valence-electron chi connectivity index (χ1n) is 7.75. The van der Waals surface area contributed by atoms with Crippen molar-refractivity contribution in [1.29, 1.82) is 0 Å². The van der Waals surface area contributed by atoms with E-state index in [1.165, 1.54) is 11.1 Å². The molecule has 108 valence electrons. The van der Waals surface area contributed by atoms with E-state index in [4.69, 9.17) is 0 Å². The molecule has 1 saturated heterocycles. The molecule has 2 heterocycles. The molecule has 1 atom stereocenters. The molecule has 0 aromatic heterocycles. The lowest BCUT2D eigenvalue weighted by Gasteiger charge is -2.33. The Morgan fingerprint density at radius 3 is 2.70 bits per heavy atom. The average molecular weight is 272 g/mol. The Labute approximate surface area is 121 Å². The van der Waals surface area contributed by atoms with Crippen LogP contribution in [-0.4, -0.2) is 41.4 Å². The maximum atomic E-state index is 12.1. The van der Waals surface area contributed by atoms with Crippen molar-refractivity contribution in [3.63, 3.8) is 0 Å². The third kappa shape index (κ3) is 2.59. The molecule has 2 aliphatic heterocycles. The number of hydrogen-bond acceptors (Lipinski definition) is 2. The van der Waals surface area contributed by atoms with E-state index in [2.05, 4.69) is 34.1 Å². The van der Waals surface area contributed by atoms with Crippen LogP contribution >= 0.6 is 0 Å². The van der Waals surface area contributed by atoms with E-state index in [0.717, 1.165) is 39.0 Å². The van der Waals surface area contributed by atoms with Crippen molar-refractivity contribution in [2.45, 2.75) is 39.3 Å². The molecule has 1 aromatic carbocycles. The van der Waals surface area contributed by atoms with Crippen molar-refractivity contribution in [1.82, 2.24) is 9.80 Å². The SMILES string of the molecule is CC(C)C(=O)N1CCC(N2CCc3ccccc3C2)C1. The number of fused-ring (bicyclic) bond motifs is 1. The minimum absolute atomic E-state index is 0.121. The minimum atomic E-state index is 0.121. The van der Waals surface area contributed by atoms with E-state index >= 15 is 0 Å². The molecule has 0 bridgehead atoms. The fourth-order valence-electron chi connectivity index (χ4n) is 3.43. The van der Waals surface area contributed by atoms with Gasteiger partial charge in [-0.1, -0.05) is 38.1 Å². The smallest absolute Gasteiger partial charge is 0.225 e. The van der Waals surface area contributed by atoms with Gasteiger partial charge in [0.15, 0.2) is 0 Å². The van der Waals surface area contributed by atoms with Gasteiger partial charge < -0.3 is 4.90 Å². The van der Waals surface area contributed by atoms with Gasteiger partial charge in [0.2, 0.25) is 5.91 Å². The van der Waals surface area contributed by atoms with E-state index in [1.807, 2.05) is 13.8 Å². The molecule has 1 amide bonds. The summed E-state index contributed by atoms with van der Waals surface area (Å²) >= 11 is 0. The fourth-order valence-corrected chi connectivity index (χ4v) is 3.43. The molecule has 20 heavy (non-hydrogen) atoms. The van der Waals surface area contributed by atoms with Gasteiger partial charge in [0.05, 0.1) is 0 Å². The van der Waals surface area contributed by atoms with E-state index in [-0.39, 0.29) is 5.92 Å². The van der Waals surface area contributed by atoms with Gasteiger partial charge in [-0.25, -0.2) is 0 Å². The summed E-state index contributed by atoms with van der Waals surface area (Å²) in [6.45, 7) is 8.01. The number of hydrogen-bond donors (Lipinski definition) is 0. The molecular weight excluding hydrogens is 248 g/mol. The van der Waals surface area contributed by atoms with Gasteiger partial charge >= 0.3 is 0 Å². The predicted molar refractivity (Wildman–Crippen MR) is 80.4 cm³/mol. The lowest BCUT2D eigenvalue weighted by atomic mass is 9.98. The first kappa shape index (κ1) is 13.6. The van der Waals surface area contributed by atoms with Gasteiger partial charge in [0.1, 0.15) is 0 Å². The van der Waals surface area contributed by atoms with E-state index in [1.54, 1.807) is 0 Å². The number of carbonyl (C=O) groups excluding carboxylic acids is 1. The molecular formula is C17H24N2O. The Morgan fingerprint density at radius 2 is 1.95 bits per heavy atom. The largest absolute Gasteiger partial charge is 0.341 e. The maximum absolute atomic E-state index is 12.1. The Balaban J connectivity index is 1.64. The van der Waals surface area contributed by atoms with Crippen molar-refractivity contribution >= 4 is 5.91 Å². The number of likely N-dealkylation sites (tertiary alicyclic amines) is 1. The normalized spacial score (nSPS) is 23.1. The van der Waals surface area contributed by atoms with Crippen LogP contribution in [0.3, 0.4) is 0 Å². The fraction of sp³-hybridized carbons (Fsp3) is 0.588. The van der Waals surface area contributed by atoms with Crippen LogP contribution in [0.25, 0.3) is 0 Å². The molecule has 3 rings (SSSR count). The van der Waals surface area contributed by atoms with Crippen molar-refractivity contribution in [3.8, 4) is 0 Å². The van der Waals surface area contributed by atoms with Crippen LogP contribution in [0.15, 0.2) is 24.3 Å². The predicted octanol–water partition coefficient (Wildman–Crippen LogP) is 2.30. The quantitative estimate of drug-likeness (QED) is 0.825. The maximum Gasteiger partial charge on any atom is 0.225 e. The minimum Gasteiger partial charge on any atom is -0.341 e. The number of rotatable bonds is 2. The third-order valence-corrected chi connectivity index (χ3v) is 4.65. The van der Waals surface area contributed by atoms with Crippen LogP contribution < -0.4 is 0 Å². The van der Waals surface area contributed by atoms with Gasteiger partial charge in [-0.3, -0.25) is 9.69 Å². The summed E-state index contributed by atoms with van der Waals surface area (Å²) in [6.07, 6.45) is 2.27. The van der Waals surface area contributed by atoms with Crippen molar-refractivity contribution < 1.29 is 4.79 Å². The van der Waals surface area contributed by atoms with Gasteiger partial charge in [-0.2, -0.15) is 0 Å². The van der Waals surface area contributed by atoms with Crippen molar-refractivity contribution in [2.75, 3.05) is 19.6 Å². The molecule has 1 unspecified atom stereocenters. The summed E-state index contributed by atoms with van der Waals surface area (Å²) < 4.78 is 0. The number of nitrogens with zero attached hydrogens (tertiary/aromatic N) is 2. The number of benzene rings is 1. The van der Waals surface area contributed by atoms with Gasteiger partial charge in [0, 0.05) is 38.1 Å². The van der Waals surface area contributed by atoms with Crippen molar-refractivity contribution in [3.05, 3.63) is 35.4 Å². The highest BCUT2D eigenvalue weighted by molar-refractivity contribution is 5.78. The molecule has 0 spiro atoms. The summed E-state index contributed by atoms with van der Waals surface area (Å²) in [5.74, 6) is 0.431. The highest BCUT2D eigenvalue weighted by Gasteiger charge is 2.32. The summed E-state index contributed by atoms with van der Waals surface area (Å²) in [5.41, 5.74) is 2.96. The highest BCUT2D eigenvalue weighted by atomic mass is 16.2. The zero-order chi connectivity index (χ0) is 14.1. The Kier molecular flexibility index (Phi) is 3.79. The summed E-state index contributed by atoms with van der Waals surface area (Å²) in [5, 5.41) is 0. The lowest BCUT2D eigenvalue weighted by Crippen LogP contribution is -2.42. The molecule has 0 aliphatic carbocycles. The van der Waals surface area contributed by atoms with Crippen LogP contribution in [0, 0.1) is 5.92 Å². The Morgan fingerprint density at radius 1 is 1.20 bits per heavy atom. The van der Waals surface area contributed by atoms with Crippen molar-refractivity contribution in [2.24, 2.45) is 5.92 Å². The van der Waals surface area contributed by atoms with Gasteiger partial charge in [0.25, 0.3) is 0 Å². The van der Waals surface area contributed by atoms with Crippen LogP contribution in [0.1, 0.15) is 31.4 Å². The summed E-state index contributed by atoms with van der Waals surface area (Å²) in [4.78, 5) is 16.7. The zero-order valence-electron chi connectivity index (χ0n) is 12.5. The van der Waals surface area contributed by atoms with Crippen LogP contribution in [0.4, 0.5) is 0 Å². The second kappa shape index (κ2) is 5.57. The molecule has 0 N–H and O–H groups in total. The zero-order valence-corrected chi connectivity index (χ0v) is 12.5. The second-order valence-electron chi connectivity index (χ2n) is 6.37. The molecule has 2 aliphatic rings.